The molecule has 0 bridgehead atoms. The molecule has 1 fully saturated rings. The molecule has 1 rings (SSSR count). The Morgan fingerprint density at radius 2 is 2.12 bits per heavy atom. The van der Waals surface area contributed by atoms with Crippen molar-refractivity contribution in [1.29, 1.82) is 0 Å². The highest BCUT2D eigenvalue weighted by atomic mass is 32.2. The van der Waals surface area contributed by atoms with Gasteiger partial charge >= 0.3 is 0 Å². The first-order chi connectivity index (χ1) is 7.51. The van der Waals surface area contributed by atoms with Gasteiger partial charge in [-0.2, -0.15) is 0 Å². The van der Waals surface area contributed by atoms with Crippen LogP contribution in [0, 0.1) is 0 Å². The first kappa shape index (κ1) is 13.9. The van der Waals surface area contributed by atoms with Gasteiger partial charge in [-0.15, -0.1) is 0 Å². The van der Waals surface area contributed by atoms with Crippen LogP contribution in [0.2, 0.25) is 0 Å². The topological polar surface area (TPSA) is 49.4 Å². The maximum atomic E-state index is 11.1. The molecule has 1 unspecified atom stereocenters. The Labute approximate surface area is 99.3 Å². The maximum absolute atomic E-state index is 11.1. The molecular formula is C11H24N2O2S. The van der Waals surface area contributed by atoms with Gasteiger partial charge in [0.1, 0.15) is 9.84 Å². The van der Waals surface area contributed by atoms with Crippen LogP contribution in [0.3, 0.4) is 0 Å². The summed E-state index contributed by atoms with van der Waals surface area (Å²) in [5.74, 6) is 0.289. The van der Waals surface area contributed by atoms with E-state index in [1.165, 1.54) is 6.26 Å². The van der Waals surface area contributed by atoms with Gasteiger partial charge in [-0.1, -0.05) is 6.92 Å². The average molecular weight is 248 g/mol. The first-order valence-electron chi connectivity index (χ1n) is 6.14. The zero-order chi connectivity index (χ0) is 12.0. The smallest absolute Gasteiger partial charge is 0.148 e. The van der Waals surface area contributed by atoms with Gasteiger partial charge in [0, 0.05) is 18.8 Å². The lowest BCUT2D eigenvalue weighted by atomic mass is 10.1. The SMILES string of the molecule is CCC1CCN(CCS(C)(=O)=O)CCCN1. The molecule has 1 saturated heterocycles. The Morgan fingerprint density at radius 3 is 2.75 bits per heavy atom. The minimum Gasteiger partial charge on any atom is -0.314 e. The van der Waals surface area contributed by atoms with Crippen molar-refractivity contribution >= 4 is 9.84 Å². The van der Waals surface area contributed by atoms with E-state index in [1.54, 1.807) is 0 Å². The van der Waals surface area contributed by atoms with Gasteiger partial charge in [-0.3, -0.25) is 0 Å². The molecule has 1 aliphatic heterocycles. The van der Waals surface area contributed by atoms with Gasteiger partial charge < -0.3 is 10.2 Å². The number of nitrogens with one attached hydrogen (secondary N) is 1. The Hall–Kier alpha value is -0.130. The summed E-state index contributed by atoms with van der Waals surface area (Å²) in [7, 11) is -2.82. The molecule has 16 heavy (non-hydrogen) atoms. The third-order valence-corrected chi connectivity index (χ3v) is 4.07. The van der Waals surface area contributed by atoms with Crippen molar-refractivity contribution < 1.29 is 8.42 Å². The van der Waals surface area contributed by atoms with Crippen molar-refractivity contribution in [3.63, 3.8) is 0 Å². The highest BCUT2D eigenvalue weighted by Crippen LogP contribution is 2.05. The molecule has 1 heterocycles. The molecule has 96 valence electrons. The lowest BCUT2D eigenvalue weighted by Crippen LogP contribution is -2.41. The van der Waals surface area contributed by atoms with Crippen LogP contribution < -0.4 is 5.32 Å². The summed E-state index contributed by atoms with van der Waals surface area (Å²) in [6, 6.07) is 0.598. The fourth-order valence-electron chi connectivity index (χ4n) is 2.03. The lowest BCUT2D eigenvalue weighted by Gasteiger charge is -2.28. The summed E-state index contributed by atoms with van der Waals surface area (Å²) < 4.78 is 22.2. The molecule has 0 aromatic heterocycles. The Kier molecular flexibility index (Phi) is 5.72. The van der Waals surface area contributed by atoms with Crippen molar-refractivity contribution in [2.45, 2.75) is 32.2 Å². The Balaban J connectivity index is 2.35. The number of sulfone groups is 1. The Bertz CT molecular complexity index is 290. The van der Waals surface area contributed by atoms with Crippen molar-refractivity contribution in [3.05, 3.63) is 0 Å². The van der Waals surface area contributed by atoms with E-state index < -0.39 is 9.84 Å². The van der Waals surface area contributed by atoms with E-state index in [0.717, 1.165) is 38.9 Å². The van der Waals surface area contributed by atoms with E-state index in [1.807, 2.05) is 0 Å². The van der Waals surface area contributed by atoms with Crippen LogP contribution >= 0.6 is 0 Å². The second kappa shape index (κ2) is 6.57. The second-order valence-corrected chi connectivity index (χ2v) is 6.93. The van der Waals surface area contributed by atoms with Crippen LogP contribution in [0.15, 0.2) is 0 Å². The summed E-state index contributed by atoms with van der Waals surface area (Å²) in [5.41, 5.74) is 0. The van der Waals surface area contributed by atoms with Gasteiger partial charge in [0.2, 0.25) is 0 Å². The quantitative estimate of drug-likeness (QED) is 0.787. The molecule has 0 amide bonds. The summed E-state index contributed by atoms with van der Waals surface area (Å²) in [6.45, 7) is 5.96. The molecule has 1 atom stereocenters. The van der Waals surface area contributed by atoms with Crippen LogP contribution in [-0.2, 0) is 9.84 Å². The van der Waals surface area contributed by atoms with E-state index in [0.29, 0.717) is 12.6 Å². The average Bonchev–Trinajstić information content (AvgIpc) is 2.15. The summed E-state index contributed by atoms with van der Waals surface area (Å²) in [6.07, 6.45) is 4.70. The third-order valence-electron chi connectivity index (χ3n) is 3.15. The molecule has 4 nitrogen and oxygen atoms in total. The number of hydrogen-bond donors (Lipinski definition) is 1. The van der Waals surface area contributed by atoms with Crippen LogP contribution in [-0.4, -0.2) is 57.5 Å². The highest BCUT2D eigenvalue weighted by Gasteiger charge is 2.14. The largest absolute Gasteiger partial charge is 0.314 e. The van der Waals surface area contributed by atoms with Crippen LogP contribution in [0.25, 0.3) is 0 Å². The van der Waals surface area contributed by atoms with Gasteiger partial charge in [-0.25, -0.2) is 8.42 Å². The second-order valence-electron chi connectivity index (χ2n) is 4.67. The normalized spacial score (nSPS) is 25.0. The van der Waals surface area contributed by atoms with Crippen molar-refractivity contribution in [2.75, 3.05) is 38.2 Å². The molecule has 0 saturated carbocycles. The van der Waals surface area contributed by atoms with Crippen molar-refractivity contribution in [3.8, 4) is 0 Å². The zero-order valence-electron chi connectivity index (χ0n) is 10.4. The molecule has 0 aromatic rings. The number of hydrogen-bond acceptors (Lipinski definition) is 4. The van der Waals surface area contributed by atoms with E-state index >= 15 is 0 Å². The first-order valence-corrected chi connectivity index (χ1v) is 8.21. The van der Waals surface area contributed by atoms with Gasteiger partial charge in [0.05, 0.1) is 5.75 Å². The van der Waals surface area contributed by atoms with Gasteiger partial charge in [0.15, 0.2) is 0 Å². The van der Waals surface area contributed by atoms with E-state index in [9.17, 15) is 8.42 Å². The van der Waals surface area contributed by atoms with E-state index in [2.05, 4.69) is 17.1 Å². The zero-order valence-corrected chi connectivity index (χ0v) is 11.2. The van der Waals surface area contributed by atoms with Crippen LogP contribution in [0.5, 0.6) is 0 Å². The fourth-order valence-corrected chi connectivity index (χ4v) is 2.62. The highest BCUT2D eigenvalue weighted by molar-refractivity contribution is 7.90. The monoisotopic (exact) mass is 248 g/mol. The number of nitrogens with zero attached hydrogens (tertiary/aromatic N) is 1. The van der Waals surface area contributed by atoms with E-state index in [4.69, 9.17) is 0 Å². The molecule has 0 aromatic carbocycles. The molecule has 1 aliphatic rings. The summed E-state index contributed by atoms with van der Waals surface area (Å²) in [4.78, 5) is 2.28. The number of rotatable bonds is 4. The van der Waals surface area contributed by atoms with Crippen molar-refractivity contribution in [1.82, 2.24) is 10.2 Å². The van der Waals surface area contributed by atoms with Crippen molar-refractivity contribution in [2.24, 2.45) is 0 Å². The lowest BCUT2D eigenvalue weighted by molar-refractivity contribution is 0.242. The van der Waals surface area contributed by atoms with Crippen LogP contribution in [0.4, 0.5) is 0 Å². The van der Waals surface area contributed by atoms with E-state index in [-0.39, 0.29) is 5.75 Å². The minimum atomic E-state index is -2.82. The summed E-state index contributed by atoms with van der Waals surface area (Å²) >= 11 is 0. The molecule has 5 heteroatoms. The molecule has 1 N–H and O–H groups in total. The summed E-state index contributed by atoms with van der Waals surface area (Å²) in [5, 5.41) is 3.52. The van der Waals surface area contributed by atoms with Crippen LogP contribution in [0.1, 0.15) is 26.2 Å². The molecule has 0 spiro atoms. The third kappa shape index (κ3) is 5.82. The fraction of sp³-hybridized carbons (Fsp3) is 1.00. The minimum absolute atomic E-state index is 0.289. The standard InChI is InChI=1S/C11H24N2O2S/c1-3-11-5-8-13(7-4-6-12-11)9-10-16(2,14)15/h11-12H,3-10H2,1-2H3. The van der Waals surface area contributed by atoms with Gasteiger partial charge in [-0.05, 0) is 38.9 Å². The Morgan fingerprint density at radius 1 is 1.38 bits per heavy atom. The molecule has 0 radical (unpaired) electrons. The maximum Gasteiger partial charge on any atom is 0.148 e. The molecular weight excluding hydrogens is 224 g/mol. The van der Waals surface area contributed by atoms with Gasteiger partial charge in [0.25, 0.3) is 0 Å². The molecule has 0 aliphatic carbocycles. The predicted octanol–water partition coefficient (Wildman–Crippen LogP) is 0.495. The predicted molar refractivity (Wildman–Crippen MR) is 67.5 cm³/mol.